The van der Waals surface area contributed by atoms with E-state index in [1.54, 1.807) is 30.3 Å². The Morgan fingerprint density at radius 3 is 2.44 bits per heavy atom. The normalized spacial score (nSPS) is 27.1. The Bertz CT molecular complexity index is 1640. The number of phenolic OH excluding ortho intramolecular Hbond substituents is 1. The first-order valence-electron chi connectivity index (χ1n) is 12.9. The van der Waals surface area contributed by atoms with Crippen LogP contribution in [-0.4, -0.2) is 60.7 Å². The van der Waals surface area contributed by atoms with Crippen LogP contribution >= 0.6 is 0 Å². The van der Waals surface area contributed by atoms with Crippen LogP contribution in [0.1, 0.15) is 39.3 Å². The average molecular weight is 560 g/mol. The van der Waals surface area contributed by atoms with Crippen molar-refractivity contribution in [1.82, 2.24) is 5.16 Å². The molecule has 0 saturated heterocycles. The van der Waals surface area contributed by atoms with Gasteiger partial charge in [-0.2, -0.15) is 0 Å². The first-order valence-corrected chi connectivity index (χ1v) is 12.9. The maximum atomic E-state index is 13.8. The average Bonchev–Trinajstić information content (AvgIpc) is 3.47. The summed E-state index contributed by atoms with van der Waals surface area (Å²) in [6.45, 7) is 0. The van der Waals surface area contributed by atoms with Crippen LogP contribution in [0.4, 0.5) is 5.69 Å². The van der Waals surface area contributed by atoms with Gasteiger partial charge in [-0.25, -0.2) is 0 Å². The number of aliphatic hydroxyl groups is 3. The van der Waals surface area contributed by atoms with Gasteiger partial charge < -0.3 is 36.0 Å². The summed E-state index contributed by atoms with van der Waals surface area (Å²) in [5.41, 5.74) is 4.76. The fourth-order valence-corrected chi connectivity index (χ4v) is 6.46. The highest BCUT2D eigenvalue weighted by Gasteiger charge is 2.62. The number of nitrogens with one attached hydrogen (secondary N) is 1. The third-order valence-electron chi connectivity index (χ3n) is 8.39. The molecule has 3 aliphatic rings. The minimum atomic E-state index is -2.56. The largest absolute Gasteiger partial charge is 0.508 e. The Kier molecular flexibility index (Phi) is 6.05. The Hall–Kier alpha value is -4.81. The number of benzene rings is 2. The SMILES string of the molecule is NC(=O)C1C(=O)[C@@]2(O)C(O)=C3C(=O)c4c(O)ccc(-c5ccc(NC(=O)c6ccno6)cc5)c4C[C@H]3C[C@H]2CC1O. The summed E-state index contributed by atoms with van der Waals surface area (Å²) in [7, 11) is 0. The molecule has 2 aromatic carbocycles. The number of carbonyl (C=O) groups is 4. The molecule has 1 aromatic heterocycles. The number of amides is 2. The molecule has 3 aromatic rings. The van der Waals surface area contributed by atoms with Crippen molar-refractivity contribution in [3.63, 3.8) is 0 Å². The van der Waals surface area contributed by atoms with Gasteiger partial charge in [0.25, 0.3) is 5.91 Å². The van der Waals surface area contributed by atoms with Crippen LogP contribution in [0.3, 0.4) is 0 Å². The molecule has 2 unspecified atom stereocenters. The highest BCUT2D eigenvalue weighted by atomic mass is 16.5. The molecule has 2 amide bonds. The van der Waals surface area contributed by atoms with Gasteiger partial charge in [-0.3, -0.25) is 19.2 Å². The number of Topliss-reactive ketones (excluding diaryl/α,β-unsaturated/α-hetero) is 2. The van der Waals surface area contributed by atoms with Crippen LogP contribution in [0.25, 0.3) is 11.1 Å². The lowest BCUT2D eigenvalue weighted by Gasteiger charge is -2.48. The van der Waals surface area contributed by atoms with E-state index >= 15 is 0 Å². The van der Waals surface area contributed by atoms with E-state index in [2.05, 4.69) is 10.5 Å². The van der Waals surface area contributed by atoms with Crippen molar-refractivity contribution in [1.29, 1.82) is 0 Å². The van der Waals surface area contributed by atoms with Gasteiger partial charge in [0.05, 0.1) is 17.9 Å². The highest BCUT2D eigenvalue weighted by Crippen LogP contribution is 2.52. The molecule has 1 fully saturated rings. The first kappa shape index (κ1) is 26.4. The second-order valence-electron chi connectivity index (χ2n) is 10.6. The number of rotatable bonds is 4. The van der Waals surface area contributed by atoms with Crippen LogP contribution in [0.2, 0.25) is 0 Å². The standard InChI is InChI=1S/C29H25N3O9/c30-27(38)23-19(34)11-14-9-13-10-17-16(12-1-3-15(4-2-12)32-28(39)20-7-8-31-41-20)5-6-18(33)22(17)24(35)21(13)25(36)29(14,40)26(23)37/h1-8,13-14,19,23,33-34,36,40H,9-11H2,(H2,30,38)(H,32,39)/t13-,14+,19?,23?,29+/m1/s1. The van der Waals surface area contributed by atoms with Crippen LogP contribution in [0.15, 0.2) is 64.5 Å². The van der Waals surface area contributed by atoms with E-state index in [4.69, 9.17) is 10.3 Å². The fraction of sp³-hybridized carbons (Fsp3) is 0.276. The molecule has 0 aliphatic heterocycles. The maximum absolute atomic E-state index is 13.8. The van der Waals surface area contributed by atoms with E-state index in [0.29, 0.717) is 22.4 Å². The van der Waals surface area contributed by atoms with Crippen molar-refractivity contribution >= 4 is 29.1 Å². The van der Waals surface area contributed by atoms with Gasteiger partial charge in [0, 0.05) is 23.2 Å². The van der Waals surface area contributed by atoms with Crippen molar-refractivity contribution in [3.8, 4) is 16.9 Å². The zero-order valence-electron chi connectivity index (χ0n) is 21.4. The molecule has 12 heteroatoms. The Morgan fingerprint density at radius 2 is 1.78 bits per heavy atom. The van der Waals surface area contributed by atoms with Crippen molar-refractivity contribution in [2.45, 2.75) is 31.0 Å². The van der Waals surface area contributed by atoms with E-state index in [0.717, 1.165) is 0 Å². The van der Waals surface area contributed by atoms with Crippen molar-refractivity contribution < 1.29 is 44.1 Å². The number of aromatic nitrogens is 1. The summed E-state index contributed by atoms with van der Waals surface area (Å²) in [5, 5.41) is 49.9. The summed E-state index contributed by atoms with van der Waals surface area (Å²) in [5.74, 6) is -7.99. The molecule has 0 bridgehead atoms. The second kappa shape index (κ2) is 9.39. The van der Waals surface area contributed by atoms with Gasteiger partial charge >= 0.3 is 0 Å². The molecule has 210 valence electrons. The highest BCUT2D eigenvalue weighted by molar-refractivity contribution is 6.16. The Morgan fingerprint density at radius 1 is 1.05 bits per heavy atom. The van der Waals surface area contributed by atoms with E-state index in [-0.39, 0.29) is 41.9 Å². The summed E-state index contributed by atoms with van der Waals surface area (Å²) in [4.78, 5) is 51.0. The third kappa shape index (κ3) is 3.94. The number of allylic oxidation sites excluding steroid dienone is 1. The lowest BCUT2D eigenvalue weighted by molar-refractivity contribution is -0.167. The number of primary amides is 1. The van der Waals surface area contributed by atoms with Crippen LogP contribution < -0.4 is 11.1 Å². The van der Waals surface area contributed by atoms with Gasteiger partial charge in [0.1, 0.15) is 17.4 Å². The molecular formula is C29H25N3O9. The van der Waals surface area contributed by atoms with Crippen molar-refractivity contribution in [3.05, 3.63) is 76.9 Å². The molecule has 7 N–H and O–H groups in total. The molecule has 12 nitrogen and oxygen atoms in total. The topological polar surface area (TPSA) is 213 Å². The predicted molar refractivity (Wildman–Crippen MR) is 141 cm³/mol. The van der Waals surface area contributed by atoms with E-state index in [9.17, 15) is 39.6 Å². The van der Waals surface area contributed by atoms with Crippen molar-refractivity contribution in [2.75, 3.05) is 5.32 Å². The van der Waals surface area contributed by atoms with E-state index in [1.807, 2.05) is 0 Å². The maximum Gasteiger partial charge on any atom is 0.294 e. The minimum Gasteiger partial charge on any atom is -0.508 e. The summed E-state index contributed by atoms with van der Waals surface area (Å²) in [6.07, 6.45) is -0.0129. The molecule has 0 radical (unpaired) electrons. The van der Waals surface area contributed by atoms with Gasteiger partial charge in [0.2, 0.25) is 11.7 Å². The smallest absolute Gasteiger partial charge is 0.294 e. The van der Waals surface area contributed by atoms with Crippen molar-refractivity contribution in [2.24, 2.45) is 23.5 Å². The summed E-state index contributed by atoms with van der Waals surface area (Å²) in [6, 6.07) is 11.2. The molecule has 41 heavy (non-hydrogen) atoms. The van der Waals surface area contributed by atoms with E-state index < -0.39 is 58.6 Å². The summed E-state index contributed by atoms with van der Waals surface area (Å²) < 4.78 is 4.85. The molecular weight excluding hydrogens is 534 g/mol. The lowest BCUT2D eigenvalue weighted by Crippen LogP contribution is -2.63. The lowest BCUT2D eigenvalue weighted by atomic mass is 9.57. The molecule has 1 saturated carbocycles. The molecule has 6 rings (SSSR count). The van der Waals surface area contributed by atoms with Crippen LogP contribution in [0.5, 0.6) is 5.75 Å². The Labute approximate surface area is 232 Å². The zero-order chi connectivity index (χ0) is 29.2. The third-order valence-corrected chi connectivity index (χ3v) is 8.39. The number of anilines is 1. The van der Waals surface area contributed by atoms with E-state index in [1.165, 1.54) is 18.3 Å². The number of aliphatic hydroxyl groups excluding tert-OH is 2. The number of ketones is 2. The zero-order valence-corrected chi connectivity index (χ0v) is 21.4. The van der Waals surface area contributed by atoms with Gasteiger partial charge in [-0.1, -0.05) is 23.4 Å². The molecule has 5 atom stereocenters. The number of fused-ring (bicyclic) bond motifs is 3. The summed E-state index contributed by atoms with van der Waals surface area (Å²) >= 11 is 0. The van der Waals surface area contributed by atoms with Crippen LogP contribution in [0, 0.1) is 17.8 Å². The predicted octanol–water partition coefficient (Wildman–Crippen LogP) is 1.65. The number of hydrogen-bond acceptors (Lipinski definition) is 10. The minimum absolute atomic E-state index is 0.0454. The molecule has 1 heterocycles. The molecule has 3 aliphatic carbocycles. The first-order chi connectivity index (χ1) is 19.5. The quantitative estimate of drug-likeness (QED) is 0.254. The van der Waals surface area contributed by atoms with Gasteiger partial charge in [0.15, 0.2) is 17.2 Å². The number of hydrogen-bond donors (Lipinski definition) is 6. The number of nitrogens with two attached hydrogens (primary N) is 1. The monoisotopic (exact) mass is 559 g/mol. The number of aromatic hydroxyl groups is 1. The number of nitrogens with zero attached hydrogens (tertiary/aromatic N) is 1. The van der Waals surface area contributed by atoms with Crippen LogP contribution in [-0.2, 0) is 16.0 Å². The van der Waals surface area contributed by atoms with Gasteiger partial charge in [-0.15, -0.1) is 0 Å². The fourth-order valence-electron chi connectivity index (χ4n) is 6.46. The number of carbonyl (C=O) groups excluding carboxylic acids is 4. The Balaban J connectivity index is 1.37. The number of phenols is 1. The second-order valence-corrected chi connectivity index (χ2v) is 10.6. The van der Waals surface area contributed by atoms with Gasteiger partial charge in [-0.05, 0) is 60.1 Å². The molecule has 0 spiro atoms.